The van der Waals surface area contributed by atoms with Crippen LogP contribution in [0.1, 0.15) is 46.2 Å². The molecule has 2 nitrogen and oxygen atoms in total. The van der Waals surface area contributed by atoms with Gasteiger partial charge in [-0.15, -0.1) is 0 Å². The molecule has 0 saturated heterocycles. The zero-order chi connectivity index (χ0) is 13.3. The summed E-state index contributed by atoms with van der Waals surface area (Å²) in [6.07, 6.45) is 0.215. The van der Waals surface area contributed by atoms with E-state index >= 15 is 0 Å². The van der Waals surface area contributed by atoms with Crippen LogP contribution in [-0.2, 0) is 4.74 Å². The monoisotopic (exact) mass is 246 g/mol. The van der Waals surface area contributed by atoms with Crippen molar-refractivity contribution in [1.29, 1.82) is 0 Å². The van der Waals surface area contributed by atoms with Crippen molar-refractivity contribution in [1.82, 2.24) is 0 Å². The molecule has 18 heavy (non-hydrogen) atoms. The fourth-order valence-electron chi connectivity index (χ4n) is 2.77. The Morgan fingerprint density at radius 3 is 2.17 bits per heavy atom. The smallest absolute Gasteiger partial charge is 0.340 e. The second-order valence-electron chi connectivity index (χ2n) is 5.67. The van der Waals surface area contributed by atoms with Crippen molar-refractivity contribution >= 4 is 5.90 Å². The van der Waals surface area contributed by atoms with Gasteiger partial charge in [0, 0.05) is 5.56 Å². The molecule has 1 aliphatic heterocycles. The average molecular weight is 246 g/mol. The zero-order valence-electron chi connectivity index (χ0n) is 12.1. The summed E-state index contributed by atoms with van der Waals surface area (Å²) in [5, 5.41) is 0. The van der Waals surface area contributed by atoms with Crippen LogP contribution in [0.25, 0.3) is 0 Å². The molecule has 0 N–H and O–H groups in total. The number of ether oxygens (including phenoxy) is 1. The number of nitrogens with zero attached hydrogens (tertiary/aromatic N) is 1. The maximum atomic E-state index is 6.11. The first-order valence-corrected chi connectivity index (χ1v) is 6.89. The molecule has 0 amide bonds. The second kappa shape index (κ2) is 5.13. The van der Waals surface area contributed by atoms with E-state index in [1.165, 1.54) is 5.56 Å². The van der Waals surface area contributed by atoms with Crippen molar-refractivity contribution in [2.75, 3.05) is 0 Å². The first-order valence-electron chi connectivity index (χ1n) is 6.89. The van der Waals surface area contributed by atoms with Gasteiger partial charge in [-0.2, -0.15) is 4.58 Å². The predicted octanol–water partition coefficient (Wildman–Crippen LogP) is 3.62. The van der Waals surface area contributed by atoms with Gasteiger partial charge in [-0.05, 0) is 34.6 Å². The molecule has 1 heterocycles. The van der Waals surface area contributed by atoms with E-state index in [9.17, 15) is 0 Å². The van der Waals surface area contributed by atoms with Crippen LogP contribution in [0.2, 0.25) is 0 Å². The Bertz CT molecular complexity index is 434. The third kappa shape index (κ3) is 2.29. The predicted molar refractivity (Wildman–Crippen MR) is 75.0 cm³/mol. The molecule has 0 radical (unpaired) electrons. The molecule has 1 aromatic carbocycles. The minimum absolute atomic E-state index is 0.215. The fraction of sp³-hybridized carbons (Fsp3) is 0.562. The quantitative estimate of drug-likeness (QED) is 0.742. The molecule has 2 rings (SSSR count). The highest BCUT2D eigenvalue weighted by molar-refractivity contribution is 5.74. The van der Waals surface area contributed by atoms with Gasteiger partial charge in [0.2, 0.25) is 6.04 Å². The lowest BCUT2D eigenvalue weighted by Gasteiger charge is -2.15. The van der Waals surface area contributed by atoms with Crippen molar-refractivity contribution in [3.05, 3.63) is 35.9 Å². The van der Waals surface area contributed by atoms with Crippen LogP contribution in [0.4, 0.5) is 0 Å². The lowest BCUT2D eigenvalue weighted by molar-refractivity contribution is -0.596. The standard InChI is InChI=1S/C16H24NO/c1-11(2)16-17(12(3)4)15(13(5)18-16)14-9-7-6-8-10-14/h6-13,15H,1-5H3/q+1/t13-,15-/m1/s1. The summed E-state index contributed by atoms with van der Waals surface area (Å²) in [6.45, 7) is 11.0. The van der Waals surface area contributed by atoms with Crippen molar-refractivity contribution in [3.63, 3.8) is 0 Å². The van der Waals surface area contributed by atoms with Crippen LogP contribution in [0.15, 0.2) is 30.3 Å². The van der Waals surface area contributed by atoms with Crippen LogP contribution in [0.5, 0.6) is 0 Å². The molecule has 0 bridgehead atoms. The summed E-state index contributed by atoms with van der Waals surface area (Å²) in [5.74, 6) is 1.56. The third-order valence-corrected chi connectivity index (χ3v) is 3.50. The zero-order valence-corrected chi connectivity index (χ0v) is 12.1. The minimum atomic E-state index is 0.215. The largest absolute Gasteiger partial charge is 0.437 e. The first kappa shape index (κ1) is 13.1. The van der Waals surface area contributed by atoms with E-state index in [2.05, 4.69) is 69.5 Å². The maximum Gasteiger partial charge on any atom is 0.340 e. The number of hydrogen-bond donors (Lipinski definition) is 0. The average Bonchev–Trinajstić information content (AvgIpc) is 2.68. The van der Waals surface area contributed by atoms with E-state index in [1.807, 2.05) is 0 Å². The van der Waals surface area contributed by atoms with Crippen molar-refractivity contribution in [3.8, 4) is 0 Å². The Kier molecular flexibility index (Phi) is 3.74. The second-order valence-corrected chi connectivity index (χ2v) is 5.67. The van der Waals surface area contributed by atoms with Gasteiger partial charge in [0.15, 0.2) is 12.1 Å². The molecule has 98 valence electrons. The molecule has 0 fully saturated rings. The molecule has 0 aliphatic carbocycles. The van der Waals surface area contributed by atoms with Crippen LogP contribution in [0, 0.1) is 5.92 Å². The molecular weight excluding hydrogens is 222 g/mol. The van der Waals surface area contributed by atoms with E-state index in [1.54, 1.807) is 0 Å². The molecule has 0 saturated carbocycles. The Balaban J connectivity index is 2.45. The molecule has 0 aromatic heterocycles. The minimum Gasteiger partial charge on any atom is -0.437 e. The van der Waals surface area contributed by atoms with Crippen LogP contribution in [0.3, 0.4) is 0 Å². The number of rotatable bonds is 3. The first-order chi connectivity index (χ1) is 8.52. The molecule has 1 aliphatic rings. The summed E-state index contributed by atoms with van der Waals surface area (Å²) in [7, 11) is 0. The summed E-state index contributed by atoms with van der Waals surface area (Å²) < 4.78 is 8.54. The lowest BCUT2D eigenvalue weighted by atomic mass is 10.0. The van der Waals surface area contributed by atoms with Gasteiger partial charge in [-0.1, -0.05) is 30.3 Å². The Morgan fingerprint density at radius 2 is 1.67 bits per heavy atom. The number of benzene rings is 1. The number of hydrogen-bond acceptors (Lipinski definition) is 1. The normalized spacial score (nSPS) is 23.9. The molecule has 2 atom stereocenters. The van der Waals surface area contributed by atoms with Gasteiger partial charge in [0.05, 0.1) is 5.92 Å². The molecule has 2 heteroatoms. The molecular formula is C16H24NO+. The molecule has 1 aromatic rings. The van der Waals surface area contributed by atoms with Crippen molar-refractivity contribution in [2.45, 2.75) is 52.8 Å². The van der Waals surface area contributed by atoms with Crippen LogP contribution >= 0.6 is 0 Å². The topological polar surface area (TPSA) is 12.2 Å². The van der Waals surface area contributed by atoms with Gasteiger partial charge >= 0.3 is 5.90 Å². The third-order valence-electron chi connectivity index (χ3n) is 3.50. The van der Waals surface area contributed by atoms with Gasteiger partial charge < -0.3 is 4.74 Å². The van der Waals surface area contributed by atoms with Crippen molar-refractivity contribution in [2.24, 2.45) is 5.92 Å². The van der Waals surface area contributed by atoms with Gasteiger partial charge in [0.1, 0.15) is 0 Å². The van der Waals surface area contributed by atoms with Gasteiger partial charge in [-0.3, -0.25) is 0 Å². The molecule has 0 spiro atoms. The highest BCUT2D eigenvalue weighted by Gasteiger charge is 2.44. The maximum absolute atomic E-state index is 6.11. The molecule has 0 unspecified atom stereocenters. The highest BCUT2D eigenvalue weighted by atomic mass is 16.5. The SMILES string of the molecule is CC(C)C1=[N+](C(C)C)[C@@H](c2ccccc2)[C@@H](C)O1. The van der Waals surface area contributed by atoms with E-state index in [0.717, 1.165) is 5.90 Å². The Hall–Kier alpha value is -1.31. The Labute approximate surface area is 110 Å². The lowest BCUT2D eigenvalue weighted by Crippen LogP contribution is -2.29. The van der Waals surface area contributed by atoms with E-state index in [0.29, 0.717) is 18.0 Å². The summed E-state index contributed by atoms with van der Waals surface area (Å²) in [5.41, 5.74) is 1.34. The van der Waals surface area contributed by atoms with Crippen molar-refractivity contribution < 1.29 is 9.31 Å². The highest BCUT2D eigenvalue weighted by Crippen LogP contribution is 2.31. The van der Waals surface area contributed by atoms with Crippen LogP contribution in [-0.4, -0.2) is 22.6 Å². The summed E-state index contributed by atoms with van der Waals surface area (Å²) in [6, 6.07) is 11.5. The summed E-state index contributed by atoms with van der Waals surface area (Å²) >= 11 is 0. The van der Waals surface area contributed by atoms with Gasteiger partial charge in [-0.25, -0.2) is 0 Å². The van der Waals surface area contributed by atoms with E-state index < -0.39 is 0 Å². The van der Waals surface area contributed by atoms with Gasteiger partial charge in [0.25, 0.3) is 0 Å². The van der Waals surface area contributed by atoms with E-state index in [4.69, 9.17) is 4.74 Å². The van der Waals surface area contributed by atoms with Crippen LogP contribution < -0.4 is 0 Å². The fourth-order valence-corrected chi connectivity index (χ4v) is 2.77. The Morgan fingerprint density at radius 1 is 1.06 bits per heavy atom. The summed E-state index contributed by atoms with van der Waals surface area (Å²) in [4.78, 5) is 0. The van der Waals surface area contributed by atoms with E-state index in [-0.39, 0.29) is 6.10 Å².